The molecule has 1 saturated heterocycles. The van der Waals surface area contributed by atoms with Gasteiger partial charge in [0.05, 0.1) is 27.1 Å². The fourth-order valence-corrected chi connectivity index (χ4v) is 5.42. The molecule has 1 N–H and O–H groups in total. The minimum atomic E-state index is -0.539. The van der Waals surface area contributed by atoms with Crippen LogP contribution in [0.5, 0.6) is 11.5 Å². The summed E-state index contributed by atoms with van der Waals surface area (Å²) in [7, 11) is 1.53. The predicted molar refractivity (Wildman–Crippen MR) is 150 cm³/mol. The van der Waals surface area contributed by atoms with E-state index >= 15 is 0 Å². The largest absolute Gasteiger partial charge is 0.493 e. The lowest BCUT2D eigenvalue weighted by molar-refractivity contribution is -0.123. The summed E-state index contributed by atoms with van der Waals surface area (Å²) in [6.07, 6.45) is 1.66. The number of ether oxygens (including phenoxy) is 2. The van der Waals surface area contributed by atoms with Crippen LogP contribution in [-0.2, 0) is 11.4 Å². The van der Waals surface area contributed by atoms with E-state index < -0.39 is 11.8 Å². The molecule has 0 aliphatic carbocycles. The highest BCUT2D eigenvalue weighted by Gasteiger charge is 2.34. The number of hydrogen-bond acceptors (Lipinski definition) is 6. The fraction of sp³-hybridized carbons (Fsp3) is 0.0800. The first-order chi connectivity index (χ1) is 17.3. The summed E-state index contributed by atoms with van der Waals surface area (Å²) in [5.74, 6) is -0.0403. The van der Waals surface area contributed by atoms with Crippen LogP contribution in [0.25, 0.3) is 6.08 Å². The molecule has 1 aliphatic rings. The molecule has 6 nitrogen and oxygen atoms in total. The molecule has 1 fully saturated rings. The number of methoxy groups -OCH3 is 1. The first kappa shape index (κ1) is 26.5. The highest BCUT2D eigenvalue weighted by molar-refractivity contribution is 9.10. The van der Waals surface area contributed by atoms with E-state index in [1.807, 2.05) is 18.2 Å². The summed E-state index contributed by atoms with van der Waals surface area (Å²) in [5.41, 5.74) is 4.26. The average Bonchev–Trinajstić information content (AvgIpc) is 3.11. The Morgan fingerprint density at radius 2 is 1.83 bits per heavy atom. The highest BCUT2D eigenvalue weighted by Crippen LogP contribution is 2.39. The summed E-state index contributed by atoms with van der Waals surface area (Å²) >= 11 is 22.2. The number of hydrogen-bond donors (Lipinski definition) is 1. The third-order valence-corrected chi connectivity index (χ3v) is 7.59. The van der Waals surface area contributed by atoms with Crippen molar-refractivity contribution in [1.82, 2.24) is 10.4 Å². The van der Waals surface area contributed by atoms with Crippen LogP contribution in [0, 0.1) is 0 Å². The lowest BCUT2D eigenvalue weighted by Gasteiger charge is -2.16. The van der Waals surface area contributed by atoms with Crippen molar-refractivity contribution in [3.63, 3.8) is 0 Å². The Balaban J connectivity index is 1.53. The molecule has 0 bridgehead atoms. The first-order valence-corrected chi connectivity index (χ1v) is 13.1. The minimum absolute atomic E-state index is 0.192. The zero-order chi connectivity index (χ0) is 25.8. The van der Waals surface area contributed by atoms with Crippen molar-refractivity contribution in [3.05, 3.63) is 96.8 Å². The summed E-state index contributed by atoms with van der Waals surface area (Å²) < 4.78 is 12.3. The number of nitrogens with zero attached hydrogens (tertiary/aromatic N) is 1. The van der Waals surface area contributed by atoms with Crippen molar-refractivity contribution in [2.75, 3.05) is 7.11 Å². The van der Waals surface area contributed by atoms with Crippen molar-refractivity contribution < 1.29 is 19.1 Å². The van der Waals surface area contributed by atoms with E-state index in [9.17, 15) is 9.59 Å². The zero-order valence-corrected chi connectivity index (χ0v) is 23.3. The van der Waals surface area contributed by atoms with E-state index in [2.05, 4.69) is 21.4 Å². The second-order valence-electron chi connectivity index (χ2n) is 7.35. The Labute approximate surface area is 235 Å². The number of rotatable bonds is 7. The van der Waals surface area contributed by atoms with Crippen molar-refractivity contribution in [2.24, 2.45) is 0 Å². The molecular formula is C25H17BrCl2N2O4S2. The number of benzene rings is 3. The van der Waals surface area contributed by atoms with Crippen LogP contribution in [0.4, 0.5) is 0 Å². The van der Waals surface area contributed by atoms with Gasteiger partial charge in [0.15, 0.2) is 15.8 Å². The lowest BCUT2D eigenvalue weighted by atomic mass is 10.1. The van der Waals surface area contributed by atoms with Crippen LogP contribution in [0.2, 0.25) is 10.0 Å². The van der Waals surface area contributed by atoms with Gasteiger partial charge in [-0.3, -0.25) is 15.0 Å². The third kappa shape index (κ3) is 5.87. The molecule has 0 unspecified atom stereocenters. The Bertz CT molecular complexity index is 1400. The number of hydrazine groups is 1. The Hall–Kier alpha value is -2.56. The van der Waals surface area contributed by atoms with Crippen LogP contribution in [0.3, 0.4) is 0 Å². The Kier molecular flexibility index (Phi) is 8.58. The molecule has 2 amide bonds. The Morgan fingerprint density at radius 3 is 2.53 bits per heavy atom. The van der Waals surface area contributed by atoms with Gasteiger partial charge in [0, 0.05) is 10.6 Å². The first-order valence-electron chi connectivity index (χ1n) is 10.4. The molecule has 36 heavy (non-hydrogen) atoms. The number of halogens is 3. The second-order valence-corrected chi connectivity index (χ2v) is 10.7. The number of thioether (sulfide) groups is 1. The van der Waals surface area contributed by atoms with Crippen molar-refractivity contribution in [3.8, 4) is 11.5 Å². The van der Waals surface area contributed by atoms with Crippen LogP contribution >= 0.6 is 63.1 Å². The molecule has 0 saturated carbocycles. The van der Waals surface area contributed by atoms with E-state index in [-0.39, 0.29) is 21.5 Å². The van der Waals surface area contributed by atoms with Gasteiger partial charge in [-0.2, -0.15) is 5.01 Å². The van der Waals surface area contributed by atoms with E-state index in [1.54, 1.807) is 48.5 Å². The monoisotopic (exact) mass is 622 g/mol. The third-order valence-electron chi connectivity index (χ3n) is 5.00. The standard InChI is InChI=1S/C25H17BrCl2N2O4S2/c1-33-20-11-14(10-17(26)22(20)34-13-15-6-2-4-8-18(15)27)12-21-24(32)30(25(35)36-21)29-23(31)16-7-3-5-9-19(16)28/h2-12H,13H2,1H3,(H,29,31)/b21-12-. The number of nitrogens with one attached hydrogen (secondary N) is 1. The Morgan fingerprint density at radius 1 is 1.14 bits per heavy atom. The summed E-state index contributed by atoms with van der Waals surface area (Å²) in [4.78, 5) is 25.9. The molecule has 3 aromatic carbocycles. The topological polar surface area (TPSA) is 67.9 Å². The van der Waals surface area contributed by atoms with Crippen LogP contribution in [0.15, 0.2) is 70.0 Å². The van der Waals surface area contributed by atoms with E-state index in [0.29, 0.717) is 31.5 Å². The normalized spacial score (nSPS) is 14.3. The molecule has 11 heteroatoms. The second kappa shape index (κ2) is 11.7. The number of thiocarbonyl (C=S) groups is 1. The fourth-order valence-electron chi connectivity index (χ4n) is 3.25. The van der Waals surface area contributed by atoms with Crippen LogP contribution < -0.4 is 14.9 Å². The molecule has 3 aromatic rings. The zero-order valence-electron chi connectivity index (χ0n) is 18.6. The summed E-state index contributed by atoms with van der Waals surface area (Å²) in [6, 6.07) is 17.5. The molecular weight excluding hydrogens is 607 g/mol. The highest BCUT2D eigenvalue weighted by atomic mass is 79.9. The van der Waals surface area contributed by atoms with Gasteiger partial charge in [0.1, 0.15) is 6.61 Å². The smallest absolute Gasteiger partial charge is 0.285 e. The summed E-state index contributed by atoms with van der Waals surface area (Å²) in [5, 5.41) is 1.91. The molecule has 0 spiro atoms. The number of carbonyl (C=O) groups is 2. The molecule has 0 radical (unpaired) electrons. The van der Waals surface area contributed by atoms with Gasteiger partial charge in [0.2, 0.25) is 0 Å². The van der Waals surface area contributed by atoms with Gasteiger partial charge in [-0.15, -0.1) is 0 Å². The lowest BCUT2D eigenvalue weighted by Crippen LogP contribution is -2.44. The number of carbonyl (C=O) groups excluding carboxylic acids is 2. The van der Waals surface area contributed by atoms with Crippen molar-refractivity contribution in [1.29, 1.82) is 0 Å². The molecule has 1 aliphatic heterocycles. The maximum Gasteiger partial charge on any atom is 0.285 e. The molecule has 1 heterocycles. The van der Waals surface area contributed by atoms with Gasteiger partial charge < -0.3 is 9.47 Å². The van der Waals surface area contributed by atoms with Gasteiger partial charge in [0.25, 0.3) is 11.8 Å². The van der Waals surface area contributed by atoms with Crippen molar-refractivity contribution >= 4 is 85.3 Å². The van der Waals surface area contributed by atoms with Gasteiger partial charge >= 0.3 is 0 Å². The van der Waals surface area contributed by atoms with E-state index in [0.717, 1.165) is 22.3 Å². The average molecular weight is 624 g/mol. The van der Waals surface area contributed by atoms with E-state index in [4.69, 9.17) is 44.9 Å². The maximum absolute atomic E-state index is 13.0. The van der Waals surface area contributed by atoms with Crippen LogP contribution in [-0.4, -0.2) is 28.3 Å². The molecule has 0 aromatic heterocycles. The number of amides is 2. The molecule has 4 rings (SSSR count). The quantitative estimate of drug-likeness (QED) is 0.228. The summed E-state index contributed by atoms with van der Waals surface area (Å²) in [6.45, 7) is 0.248. The SMILES string of the molecule is COc1cc(/C=C2\SC(=S)N(NC(=O)c3ccccc3Cl)C2=O)cc(Br)c1OCc1ccccc1Cl. The maximum atomic E-state index is 13.0. The van der Waals surface area contributed by atoms with Crippen LogP contribution in [0.1, 0.15) is 21.5 Å². The van der Waals surface area contributed by atoms with Gasteiger partial charge in [-0.05, 0) is 70.1 Å². The van der Waals surface area contributed by atoms with Gasteiger partial charge in [-0.1, -0.05) is 65.3 Å². The molecule has 0 atom stereocenters. The van der Waals surface area contributed by atoms with Crippen molar-refractivity contribution in [2.45, 2.75) is 6.61 Å². The van der Waals surface area contributed by atoms with E-state index in [1.165, 1.54) is 7.11 Å². The molecule has 184 valence electrons. The van der Waals surface area contributed by atoms with Gasteiger partial charge in [-0.25, -0.2) is 0 Å². The minimum Gasteiger partial charge on any atom is -0.493 e. The predicted octanol–water partition coefficient (Wildman–Crippen LogP) is 6.89.